The van der Waals surface area contributed by atoms with Crippen LogP contribution in [0.5, 0.6) is 0 Å². The minimum absolute atomic E-state index is 0.226. The first kappa shape index (κ1) is 19.4. The predicted molar refractivity (Wildman–Crippen MR) is 82.8 cm³/mol. The molecule has 120 valence electrons. The van der Waals surface area contributed by atoms with Gasteiger partial charge >= 0.3 is 6.09 Å². The Kier molecular flexibility index (Phi) is 7.35. The molecular weight excluding hydrogens is 299 g/mol. The highest BCUT2D eigenvalue weighted by molar-refractivity contribution is 6.69. The van der Waals surface area contributed by atoms with Crippen molar-refractivity contribution in [1.29, 1.82) is 5.41 Å². The van der Waals surface area contributed by atoms with Crippen molar-refractivity contribution in [3.63, 3.8) is 0 Å². The van der Waals surface area contributed by atoms with Gasteiger partial charge in [0.05, 0.1) is 0 Å². The van der Waals surface area contributed by atoms with Gasteiger partial charge in [-0.25, -0.2) is 9.18 Å². The van der Waals surface area contributed by atoms with E-state index >= 15 is 0 Å². The lowest BCUT2D eigenvalue weighted by Gasteiger charge is -2.26. The van der Waals surface area contributed by atoms with Gasteiger partial charge in [-0.3, -0.25) is 5.41 Å². The van der Waals surface area contributed by atoms with E-state index in [2.05, 4.69) is 11.6 Å². The summed E-state index contributed by atoms with van der Waals surface area (Å²) in [6.07, 6.45) is -0.457. The number of carbonyl (C=O) groups is 1. The van der Waals surface area contributed by atoms with Crippen molar-refractivity contribution in [3.05, 3.63) is 12.4 Å². The molecule has 0 unspecified atom stereocenters. The van der Waals surface area contributed by atoms with Gasteiger partial charge in [-0.05, 0) is 20.8 Å². The zero-order valence-corrected chi connectivity index (χ0v) is 13.8. The zero-order chi connectivity index (χ0) is 16.8. The second kappa shape index (κ2) is 7.97. The third-order valence-corrected chi connectivity index (χ3v) is 2.56. The molecule has 0 radical (unpaired) electrons. The van der Waals surface area contributed by atoms with Gasteiger partial charge in [-0.2, -0.15) is 4.99 Å². The highest BCUT2D eigenvalue weighted by atomic mass is 35.5. The maximum atomic E-state index is 12.7. The Balaban J connectivity index is 4.39. The van der Waals surface area contributed by atoms with E-state index in [0.717, 1.165) is 0 Å². The Hall–Kier alpha value is -1.63. The van der Waals surface area contributed by atoms with Gasteiger partial charge in [-0.15, -0.1) is 0 Å². The molecule has 0 spiro atoms. The van der Waals surface area contributed by atoms with Crippen LogP contribution >= 0.6 is 11.6 Å². The van der Waals surface area contributed by atoms with Gasteiger partial charge in [0.15, 0.2) is 11.0 Å². The maximum absolute atomic E-state index is 12.7. The third-order valence-electron chi connectivity index (χ3n) is 2.27. The van der Waals surface area contributed by atoms with Crippen LogP contribution in [0.15, 0.2) is 17.4 Å². The first-order valence-electron chi connectivity index (χ1n) is 6.27. The minimum atomic E-state index is -0.902. The third kappa shape index (κ3) is 8.29. The lowest BCUT2D eigenvalue weighted by Crippen LogP contribution is -2.39. The number of hydrogen-bond donors (Lipinski definition) is 1. The molecule has 0 heterocycles. The molecule has 0 aliphatic rings. The average molecular weight is 321 g/mol. The van der Waals surface area contributed by atoms with Crippen LogP contribution in [-0.4, -0.2) is 59.8 Å². The molecule has 1 N–H and O–H groups in total. The minimum Gasteiger partial charge on any atom is -0.444 e. The normalized spacial score (nSPS) is 11.9. The fraction of sp³-hybridized carbons (Fsp3) is 0.615. The number of nitrogens with one attached hydrogen (secondary N) is 1. The molecule has 6 nitrogen and oxygen atoms in total. The number of likely N-dealkylation sites (N-methyl/N-ethyl adjacent to an activating group) is 2. The van der Waals surface area contributed by atoms with Crippen LogP contribution in [0.1, 0.15) is 20.8 Å². The van der Waals surface area contributed by atoms with Crippen LogP contribution in [0.4, 0.5) is 9.18 Å². The fourth-order valence-electron chi connectivity index (χ4n) is 1.08. The topological polar surface area (TPSA) is 69.0 Å². The lowest BCUT2D eigenvalue weighted by atomic mass is 10.2. The van der Waals surface area contributed by atoms with Gasteiger partial charge in [0.1, 0.15) is 5.60 Å². The number of carbonyl (C=O) groups excluding carboxylic acids is 1. The molecule has 21 heavy (non-hydrogen) atoms. The van der Waals surface area contributed by atoms with E-state index in [4.69, 9.17) is 21.7 Å². The summed E-state index contributed by atoms with van der Waals surface area (Å²) in [4.78, 5) is 18.1. The molecule has 0 saturated carbocycles. The fourth-order valence-corrected chi connectivity index (χ4v) is 1.16. The Morgan fingerprint density at radius 1 is 1.33 bits per heavy atom. The molecule has 0 rings (SSSR count). The van der Waals surface area contributed by atoms with Gasteiger partial charge in [-0.1, -0.05) is 18.2 Å². The number of nitrogens with zero attached hydrogens (tertiary/aromatic N) is 3. The summed E-state index contributed by atoms with van der Waals surface area (Å²) in [5.41, 5.74) is -0.566. The second-order valence-corrected chi connectivity index (χ2v) is 5.81. The Labute approximate surface area is 129 Å². The number of aliphatic imine (C=N–C) groups is 1. The first-order chi connectivity index (χ1) is 9.44. The molecule has 0 aromatic carbocycles. The van der Waals surface area contributed by atoms with E-state index in [9.17, 15) is 9.18 Å². The molecule has 8 heteroatoms. The van der Waals surface area contributed by atoms with Crippen molar-refractivity contribution in [2.45, 2.75) is 26.4 Å². The molecule has 0 bridgehead atoms. The Morgan fingerprint density at radius 3 is 2.24 bits per heavy atom. The van der Waals surface area contributed by atoms with Crippen LogP contribution < -0.4 is 0 Å². The van der Waals surface area contributed by atoms with Gasteiger partial charge in [0.25, 0.3) is 0 Å². The number of guanidine groups is 1. The second-order valence-electron chi connectivity index (χ2n) is 5.45. The first-order valence-corrected chi connectivity index (χ1v) is 6.64. The van der Waals surface area contributed by atoms with Crippen molar-refractivity contribution in [1.82, 2.24) is 9.80 Å². The number of ether oxygens (including phenoxy) is 1. The maximum Gasteiger partial charge on any atom is 0.410 e. The van der Waals surface area contributed by atoms with Crippen LogP contribution in [0.2, 0.25) is 0 Å². The summed E-state index contributed by atoms with van der Waals surface area (Å²) in [7, 11) is 3.17. The van der Waals surface area contributed by atoms with Gasteiger partial charge < -0.3 is 14.5 Å². The largest absolute Gasteiger partial charge is 0.444 e. The molecule has 0 atom stereocenters. The van der Waals surface area contributed by atoms with Crippen molar-refractivity contribution in [2.75, 3.05) is 27.2 Å². The van der Waals surface area contributed by atoms with Crippen molar-refractivity contribution in [2.24, 2.45) is 4.99 Å². The summed E-state index contributed by atoms with van der Waals surface area (Å²) < 4.78 is 17.8. The SMILES string of the molecule is C=C(F)/C(Cl)=N\C(=N)N(C)CCN(C)C(=O)OC(C)(C)C. The molecular formula is C13H22ClFN4O2. The van der Waals surface area contributed by atoms with Crippen molar-refractivity contribution in [3.8, 4) is 0 Å². The predicted octanol–water partition coefficient (Wildman–Crippen LogP) is 2.84. The van der Waals surface area contributed by atoms with E-state index < -0.39 is 22.7 Å². The number of halogens is 2. The molecule has 1 amide bonds. The standard InChI is InChI=1S/C13H22ClFN4O2/c1-9(15)10(14)17-11(16)18(5)7-8-19(6)12(20)21-13(2,3)4/h16H,1,7-8H2,2-6H3/b16-11?,17-10+. The molecule has 0 fully saturated rings. The van der Waals surface area contributed by atoms with Gasteiger partial charge in [0.2, 0.25) is 5.96 Å². The van der Waals surface area contributed by atoms with Crippen LogP contribution in [0.25, 0.3) is 0 Å². The van der Waals surface area contributed by atoms with E-state index in [0.29, 0.717) is 13.1 Å². The summed E-state index contributed by atoms with van der Waals surface area (Å²) in [5, 5.41) is 7.16. The Morgan fingerprint density at radius 2 is 1.81 bits per heavy atom. The molecule has 0 aromatic heterocycles. The molecule has 0 saturated heterocycles. The van der Waals surface area contributed by atoms with Gasteiger partial charge in [0, 0.05) is 27.2 Å². The van der Waals surface area contributed by atoms with E-state index in [1.807, 2.05) is 0 Å². The molecule has 0 aromatic rings. The average Bonchev–Trinajstić information content (AvgIpc) is 2.32. The summed E-state index contributed by atoms with van der Waals surface area (Å²) in [6, 6.07) is 0. The van der Waals surface area contributed by atoms with Crippen molar-refractivity contribution < 1.29 is 13.9 Å². The quantitative estimate of drug-likeness (QED) is 0.639. The number of allylic oxidation sites excluding steroid dienone is 1. The number of rotatable bonds is 4. The summed E-state index contributed by atoms with van der Waals surface area (Å²) >= 11 is 5.46. The summed E-state index contributed by atoms with van der Waals surface area (Å²) in [5.74, 6) is -1.13. The van der Waals surface area contributed by atoms with E-state index in [1.165, 1.54) is 9.80 Å². The zero-order valence-electron chi connectivity index (χ0n) is 13.0. The summed E-state index contributed by atoms with van der Waals surface area (Å²) in [6.45, 7) is 8.96. The lowest BCUT2D eigenvalue weighted by molar-refractivity contribution is 0.0293. The highest BCUT2D eigenvalue weighted by Crippen LogP contribution is 2.09. The molecule has 0 aliphatic heterocycles. The van der Waals surface area contributed by atoms with Crippen LogP contribution in [0, 0.1) is 5.41 Å². The van der Waals surface area contributed by atoms with Crippen molar-refractivity contribution >= 4 is 28.8 Å². The monoisotopic (exact) mass is 320 g/mol. The number of amides is 1. The van der Waals surface area contributed by atoms with Crippen LogP contribution in [-0.2, 0) is 4.74 Å². The molecule has 0 aliphatic carbocycles. The smallest absolute Gasteiger partial charge is 0.410 e. The Bertz CT molecular complexity index is 446. The van der Waals surface area contributed by atoms with E-state index in [-0.39, 0.29) is 5.96 Å². The number of hydrogen-bond acceptors (Lipinski definition) is 3. The van der Waals surface area contributed by atoms with E-state index in [1.54, 1.807) is 34.9 Å². The van der Waals surface area contributed by atoms with Crippen LogP contribution in [0.3, 0.4) is 0 Å². The highest BCUT2D eigenvalue weighted by Gasteiger charge is 2.19.